The molecule has 0 radical (unpaired) electrons. The Kier molecular flexibility index (Phi) is 5.35. The van der Waals surface area contributed by atoms with E-state index in [-0.39, 0.29) is 0 Å². The van der Waals surface area contributed by atoms with Crippen molar-refractivity contribution in [1.29, 1.82) is 0 Å². The maximum atomic E-state index is 5.34. The molecule has 0 atom stereocenters. The van der Waals surface area contributed by atoms with E-state index in [4.69, 9.17) is 9.47 Å². The lowest BCUT2D eigenvalue weighted by molar-refractivity contribution is 0.126. The van der Waals surface area contributed by atoms with E-state index in [0.717, 1.165) is 22.8 Å². The quantitative estimate of drug-likeness (QED) is 0.742. The van der Waals surface area contributed by atoms with Gasteiger partial charge in [0.1, 0.15) is 0 Å². The van der Waals surface area contributed by atoms with Crippen LogP contribution in [0.2, 0.25) is 0 Å². The molecule has 1 aromatic rings. The van der Waals surface area contributed by atoms with Crippen LogP contribution in [0.25, 0.3) is 0 Å². The van der Waals surface area contributed by atoms with Crippen molar-refractivity contribution in [1.82, 2.24) is 9.97 Å². The van der Waals surface area contributed by atoms with E-state index < -0.39 is 0 Å². The molecule has 0 spiro atoms. The smallest absolute Gasteiger partial charge is 0.0906 e. The molecule has 0 N–H and O–H groups in total. The summed E-state index contributed by atoms with van der Waals surface area (Å²) in [6.45, 7) is 10.3. The molecule has 0 bridgehead atoms. The van der Waals surface area contributed by atoms with E-state index in [1.165, 1.54) is 0 Å². The van der Waals surface area contributed by atoms with Crippen LogP contribution in [0.1, 0.15) is 36.6 Å². The van der Waals surface area contributed by atoms with Crippen molar-refractivity contribution < 1.29 is 9.47 Å². The summed E-state index contributed by atoms with van der Waals surface area (Å²) in [7, 11) is 0. The van der Waals surface area contributed by atoms with Gasteiger partial charge in [-0.15, -0.1) is 0 Å². The number of hydrogen-bond donors (Lipinski definition) is 0. The van der Waals surface area contributed by atoms with Crippen molar-refractivity contribution in [3.05, 3.63) is 22.8 Å². The number of aryl methyl sites for hydroxylation is 2. The zero-order valence-electron chi connectivity index (χ0n) is 10.5. The van der Waals surface area contributed by atoms with E-state index >= 15 is 0 Å². The zero-order chi connectivity index (χ0) is 12.0. The van der Waals surface area contributed by atoms with Gasteiger partial charge in [0.2, 0.25) is 0 Å². The molecular weight excluding hydrogens is 204 g/mol. The zero-order valence-corrected chi connectivity index (χ0v) is 10.5. The van der Waals surface area contributed by atoms with Crippen LogP contribution >= 0.6 is 0 Å². The van der Waals surface area contributed by atoms with Crippen LogP contribution in [-0.2, 0) is 22.7 Å². The molecule has 4 heteroatoms. The second-order valence-corrected chi connectivity index (χ2v) is 3.56. The van der Waals surface area contributed by atoms with Gasteiger partial charge in [-0.1, -0.05) is 0 Å². The summed E-state index contributed by atoms with van der Waals surface area (Å²) in [6, 6.07) is 0. The Morgan fingerprint density at radius 2 is 1.19 bits per heavy atom. The number of nitrogens with zero attached hydrogens (tertiary/aromatic N) is 2. The number of aromatic nitrogens is 2. The van der Waals surface area contributed by atoms with Gasteiger partial charge in [0.15, 0.2) is 0 Å². The van der Waals surface area contributed by atoms with Crippen LogP contribution in [0, 0.1) is 13.8 Å². The average molecular weight is 224 g/mol. The first-order chi connectivity index (χ1) is 7.69. The van der Waals surface area contributed by atoms with Crippen molar-refractivity contribution >= 4 is 0 Å². The lowest BCUT2D eigenvalue weighted by Gasteiger charge is -2.10. The SMILES string of the molecule is CCOCc1nc(C)c(COCC)nc1C. The average Bonchev–Trinajstić information content (AvgIpc) is 2.28. The van der Waals surface area contributed by atoms with Crippen molar-refractivity contribution in [2.24, 2.45) is 0 Å². The predicted molar refractivity (Wildman–Crippen MR) is 62.2 cm³/mol. The lowest BCUT2D eigenvalue weighted by Crippen LogP contribution is -2.08. The molecule has 0 aliphatic heterocycles. The highest BCUT2D eigenvalue weighted by atomic mass is 16.5. The summed E-state index contributed by atoms with van der Waals surface area (Å²) < 4.78 is 10.7. The molecule has 0 fully saturated rings. The summed E-state index contributed by atoms with van der Waals surface area (Å²) >= 11 is 0. The highest BCUT2D eigenvalue weighted by molar-refractivity contribution is 5.17. The molecule has 1 aromatic heterocycles. The third kappa shape index (κ3) is 3.54. The van der Waals surface area contributed by atoms with Gasteiger partial charge in [0.25, 0.3) is 0 Å². The molecule has 0 unspecified atom stereocenters. The lowest BCUT2D eigenvalue weighted by atomic mass is 10.2. The number of hydrogen-bond acceptors (Lipinski definition) is 4. The normalized spacial score (nSPS) is 10.8. The maximum absolute atomic E-state index is 5.34. The van der Waals surface area contributed by atoms with Crippen LogP contribution in [0.15, 0.2) is 0 Å². The summed E-state index contributed by atoms with van der Waals surface area (Å²) in [5.41, 5.74) is 3.68. The highest BCUT2D eigenvalue weighted by Crippen LogP contribution is 2.10. The van der Waals surface area contributed by atoms with Crippen LogP contribution in [0.3, 0.4) is 0 Å². The van der Waals surface area contributed by atoms with E-state index in [9.17, 15) is 0 Å². The molecule has 0 aliphatic carbocycles. The van der Waals surface area contributed by atoms with E-state index in [0.29, 0.717) is 26.4 Å². The topological polar surface area (TPSA) is 44.2 Å². The minimum atomic E-state index is 0.533. The fraction of sp³-hybridized carbons (Fsp3) is 0.667. The number of rotatable bonds is 6. The summed E-state index contributed by atoms with van der Waals surface area (Å²) in [4.78, 5) is 8.99. The fourth-order valence-electron chi connectivity index (χ4n) is 1.37. The second-order valence-electron chi connectivity index (χ2n) is 3.56. The Morgan fingerprint density at radius 1 is 0.812 bits per heavy atom. The van der Waals surface area contributed by atoms with Gasteiger partial charge in [-0.2, -0.15) is 0 Å². The fourth-order valence-corrected chi connectivity index (χ4v) is 1.37. The second kappa shape index (κ2) is 6.55. The number of ether oxygens (including phenoxy) is 2. The molecule has 0 saturated heterocycles. The van der Waals surface area contributed by atoms with E-state index in [1.54, 1.807) is 0 Å². The maximum Gasteiger partial charge on any atom is 0.0906 e. The Bertz CT molecular complexity index is 306. The first-order valence-corrected chi connectivity index (χ1v) is 5.67. The first-order valence-electron chi connectivity index (χ1n) is 5.67. The van der Waals surface area contributed by atoms with Crippen molar-refractivity contribution in [3.8, 4) is 0 Å². The predicted octanol–water partition coefficient (Wildman–Crippen LogP) is 2.17. The van der Waals surface area contributed by atoms with E-state index in [2.05, 4.69) is 9.97 Å². The largest absolute Gasteiger partial charge is 0.375 e. The molecule has 1 heterocycles. The highest BCUT2D eigenvalue weighted by Gasteiger charge is 2.08. The summed E-state index contributed by atoms with van der Waals surface area (Å²) in [5.74, 6) is 0. The Balaban J connectivity index is 2.79. The van der Waals surface area contributed by atoms with Crippen LogP contribution in [0.4, 0.5) is 0 Å². The Labute approximate surface area is 97.0 Å². The minimum Gasteiger partial charge on any atom is -0.375 e. The summed E-state index contributed by atoms with van der Waals surface area (Å²) in [5, 5.41) is 0. The summed E-state index contributed by atoms with van der Waals surface area (Å²) in [6.07, 6.45) is 0. The molecule has 0 amide bonds. The van der Waals surface area contributed by atoms with Crippen molar-refractivity contribution in [2.75, 3.05) is 13.2 Å². The van der Waals surface area contributed by atoms with Crippen molar-refractivity contribution in [2.45, 2.75) is 40.9 Å². The van der Waals surface area contributed by atoms with Crippen LogP contribution in [-0.4, -0.2) is 23.2 Å². The molecule has 0 saturated carbocycles. The molecule has 1 rings (SSSR count). The molecule has 4 nitrogen and oxygen atoms in total. The van der Waals surface area contributed by atoms with Crippen LogP contribution < -0.4 is 0 Å². The van der Waals surface area contributed by atoms with Gasteiger partial charge in [0.05, 0.1) is 36.0 Å². The molecule has 90 valence electrons. The van der Waals surface area contributed by atoms with Gasteiger partial charge in [-0.25, -0.2) is 0 Å². The Morgan fingerprint density at radius 3 is 1.50 bits per heavy atom. The molecule has 0 aliphatic rings. The van der Waals surface area contributed by atoms with Crippen molar-refractivity contribution in [3.63, 3.8) is 0 Å². The van der Waals surface area contributed by atoms with Gasteiger partial charge in [-0.3, -0.25) is 9.97 Å². The monoisotopic (exact) mass is 224 g/mol. The third-order valence-corrected chi connectivity index (χ3v) is 2.33. The first kappa shape index (κ1) is 13.1. The minimum absolute atomic E-state index is 0.533. The Hall–Kier alpha value is -1.00. The van der Waals surface area contributed by atoms with Gasteiger partial charge in [0, 0.05) is 13.2 Å². The molecule has 16 heavy (non-hydrogen) atoms. The third-order valence-electron chi connectivity index (χ3n) is 2.33. The van der Waals surface area contributed by atoms with Crippen LogP contribution in [0.5, 0.6) is 0 Å². The molecule has 0 aromatic carbocycles. The van der Waals surface area contributed by atoms with Gasteiger partial charge in [-0.05, 0) is 27.7 Å². The van der Waals surface area contributed by atoms with E-state index in [1.807, 2.05) is 27.7 Å². The van der Waals surface area contributed by atoms with Gasteiger partial charge >= 0.3 is 0 Å². The van der Waals surface area contributed by atoms with Gasteiger partial charge < -0.3 is 9.47 Å². The molecular formula is C12H20N2O2. The standard InChI is InChI=1S/C12H20N2O2/c1-5-15-7-11-9(3)14-12(8-16-6-2)10(4)13-11/h5-8H2,1-4H3.